The van der Waals surface area contributed by atoms with Crippen LogP contribution in [0.25, 0.3) is 0 Å². The highest BCUT2D eigenvalue weighted by molar-refractivity contribution is 5.94. The molecule has 2 aromatic rings. The third-order valence-electron chi connectivity index (χ3n) is 2.74. The highest BCUT2D eigenvalue weighted by Gasteiger charge is 2.10. The molecule has 1 aromatic heterocycles. The first-order valence-corrected chi connectivity index (χ1v) is 6.30. The molecule has 0 saturated heterocycles. The van der Waals surface area contributed by atoms with Crippen LogP contribution < -0.4 is 10.6 Å². The van der Waals surface area contributed by atoms with Crippen molar-refractivity contribution in [3.05, 3.63) is 59.7 Å². The van der Waals surface area contributed by atoms with Crippen LogP contribution in [0.2, 0.25) is 0 Å². The fourth-order valence-electron chi connectivity index (χ4n) is 1.75. The lowest BCUT2D eigenvalue weighted by molar-refractivity contribution is -0.114. The van der Waals surface area contributed by atoms with E-state index in [2.05, 4.69) is 15.6 Å². The average Bonchev–Trinajstić information content (AvgIpc) is 2.46. The van der Waals surface area contributed by atoms with Crippen molar-refractivity contribution in [3.8, 4) is 0 Å². The van der Waals surface area contributed by atoms with Crippen LogP contribution in [0.5, 0.6) is 0 Å². The van der Waals surface area contributed by atoms with Gasteiger partial charge in [0.05, 0.1) is 11.8 Å². The predicted molar refractivity (Wildman–Crippen MR) is 76.1 cm³/mol. The Morgan fingerprint density at radius 3 is 2.52 bits per heavy atom. The van der Waals surface area contributed by atoms with E-state index in [4.69, 9.17) is 0 Å². The van der Waals surface area contributed by atoms with E-state index in [1.807, 2.05) is 0 Å². The van der Waals surface area contributed by atoms with Gasteiger partial charge in [-0.2, -0.15) is 0 Å². The molecule has 1 heterocycles. The Bertz CT molecular complexity index is 656. The molecule has 5 nitrogen and oxygen atoms in total. The van der Waals surface area contributed by atoms with Gasteiger partial charge in [-0.25, -0.2) is 4.39 Å². The highest BCUT2D eigenvalue weighted by Crippen LogP contribution is 2.10. The van der Waals surface area contributed by atoms with E-state index >= 15 is 0 Å². The molecule has 0 aliphatic rings. The van der Waals surface area contributed by atoms with Gasteiger partial charge in [-0.3, -0.25) is 14.6 Å². The molecule has 0 unspecified atom stereocenters. The average molecular weight is 287 g/mol. The molecule has 0 atom stereocenters. The predicted octanol–water partition coefficient (Wildman–Crippen LogP) is 2.11. The Morgan fingerprint density at radius 1 is 1.19 bits per heavy atom. The van der Waals surface area contributed by atoms with Crippen molar-refractivity contribution in [3.63, 3.8) is 0 Å². The number of hydrogen-bond acceptors (Lipinski definition) is 3. The number of halogens is 1. The maximum Gasteiger partial charge on any atom is 0.254 e. The lowest BCUT2D eigenvalue weighted by Gasteiger charge is -2.07. The second kappa shape index (κ2) is 6.60. The molecule has 0 bridgehead atoms. The Morgan fingerprint density at radius 2 is 1.90 bits per heavy atom. The van der Waals surface area contributed by atoms with Crippen molar-refractivity contribution >= 4 is 17.5 Å². The molecular weight excluding hydrogens is 273 g/mol. The van der Waals surface area contributed by atoms with Gasteiger partial charge in [0.2, 0.25) is 5.91 Å². The van der Waals surface area contributed by atoms with E-state index in [1.54, 1.807) is 24.3 Å². The van der Waals surface area contributed by atoms with Crippen molar-refractivity contribution < 1.29 is 14.0 Å². The van der Waals surface area contributed by atoms with E-state index in [0.717, 1.165) is 11.8 Å². The molecule has 6 heteroatoms. The van der Waals surface area contributed by atoms with Gasteiger partial charge in [0.25, 0.3) is 5.91 Å². The molecule has 2 amide bonds. The fraction of sp³-hybridized carbons (Fsp3) is 0.133. The minimum Gasteiger partial charge on any atom is -0.348 e. The van der Waals surface area contributed by atoms with Crippen molar-refractivity contribution in [2.75, 3.05) is 5.32 Å². The number of carbonyl (C=O) groups is 2. The van der Waals surface area contributed by atoms with Crippen molar-refractivity contribution in [1.82, 2.24) is 10.3 Å². The van der Waals surface area contributed by atoms with E-state index in [9.17, 15) is 14.0 Å². The van der Waals surface area contributed by atoms with Gasteiger partial charge in [-0.1, -0.05) is 12.1 Å². The second-order valence-electron chi connectivity index (χ2n) is 4.42. The van der Waals surface area contributed by atoms with Crippen LogP contribution >= 0.6 is 0 Å². The number of aromatic nitrogens is 1. The summed E-state index contributed by atoms with van der Waals surface area (Å²) in [7, 11) is 0. The van der Waals surface area contributed by atoms with Crippen LogP contribution in [0.1, 0.15) is 22.8 Å². The molecule has 108 valence electrons. The van der Waals surface area contributed by atoms with Gasteiger partial charge in [-0.15, -0.1) is 0 Å². The van der Waals surface area contributed by atoms with Crippen molar-refractivity contribution in [2.45, 2.75) is 13.5 Å². The summed E-state index contributed by atoms with van der Waals surface area (Å²) >= 11 is 0. The van der Waals surface area contributed by atoms with E-state index in [0.29, 0.717) is 5.69 Å². The second-order valence-corrected chi connectivity index (χ2v) is 4.42. The summed E-state index contributed by atoms with van der Waals surface area (Å²) < 4.78 is 13.4. The summed E-state index contributed by atoms with van der Waals surface area (Å²) in [5, 5.41) is 5.27. The minimum absolute atomic E-state index is 0.0418. The number of anilines is 1. The summed E-state index contributed by atoms with van der Waals surface area (Å²) in [5.41, 5.74) is 1.48. The molecule has 0 saturated carbocycles. The van der Waals surface area contributed by atoms with Crippen LogP contribution in [0.15, 0.2) is 42.7 Å². The summed E-state index contributed by atoms with van der Waals surface area (Å²) in [5.74, 6) is -1.30. The van der Waals surface area contributed by atoms with Crippen LogP contribution in [-0.4, -0.2) is 16.8 Å². The molecule has 1 aromatic carbocycles. The van der Waals surface area contributed by atoms with Gasteiger partial charge in [0.15, 0.2) is 5.82 Å². The summed E-state index contributed by atoms with van der Waals surface area (Å²) in [6.45, 7) is 1.69. The Kier molecular flexibility index (Phi) is 4.61. The molecule has 2 rings (SSSR count). The normalized spacial score (nSPS) is 10.0. The number of rotatable bonds is 4. The molecule has 21 heavy (non-hydrogen) atoms. The monoisotopic (exact) mass is 287 g/mol. The smallest absolute Gasteiger partial charge is 0.254 e. The lowest BCUT2D eigenvalue weighted by atomic mass is 10.2. The Hall–Kier alpha value is -2.76. The summed E-state index contributed by atoms with van der Waals surface area (Å²) in [6.07, 6.45) is 2.36. The highest BCUT2D eigenvalue weighted by atomic mass is 19.1. The SMILES string of the molecule is CC(=O)Nc1ccc(CNC(=O)c2ccncc2F)cc1. The molecule has 0 radical (unpaired) electrons. The minimum atomic E-state index is -0.656. The number of nitrogens with one attached hydrogen (secondary N) is 2. The van der Waals surface area contributed by atoms with Gasteiger partial charge in [0.1, 0.15) is 0 Å². The molecule has 2 N–H and O–H groups in total. The Balaban J connectivity index is 1.95. The zero-order valence-electron chi connectivity index (χ0n) is 11.4. The zero-order valence-corrected chi connectivity index (χ0v) is 11.4. The van der Waals surface area contributed by atoms with Crippen LogP contribution in [0.3, 0.4) is 0 Å². The summed E-state index contributed by atoms with van der Waals surface area (Å²) in [6, 6.07) is 8.33. The number of amides is 2. The maximum atomic E-state index is 13.4. The van der Waals surface area contributed by atoms with Gasteiger partial charge < -0.3 is 10.6 Å². The van der Waals surface area contributed by atoms with Crippen LogP contribution in [0.4, 0.5) is 10.1 Å². The van der Waals surface area contributed by atoms with Gasteiger partial charge in [0, 0.05) is 25.4 Å². The van der Waals surface area contributed by atoms with Crippen molar-refractivity contribution in [2.24, 2.45) is 0 Å². The first-order chi connectivity index (χ1) is 10.1. The summed E-state index contributed by atoms with van der Waals surface area (Å²) in [4.78, 5) is 26.3. The Labute approximate surface area is 121 Å². The fourth-order valence-corrected chi connectivity index (χ4v) is 1.75. The standard InChI is InChI=1S/C15H14FN3O2/c1-10(20)19-12-4-2-11(3-5-12)8-18-15(21)13-6-7-17-9-14(13)16/h2-7,9H,8H2,1H3,(H,18,21)(H,19,20). The first kappa shape index (κ1) is 14.6. The lowest BCUT2D eigenvalue weighted by Crippen LogP contribution is -2.23. The van der Waals surface area contributed by atoms with E-state index in [-0.39, 0.29) is 18.0 Å². The van der Waals surface area contributed by atoms with Gasteiger partial charge >= 0.3 is 0 Å². The largest absolute Gasteiger partial charge is 0.348 e. The number of pyridine rings is 1. The first-order valence-electron chi connectivity index (χ1n) is 6.30. The number of benzene rings is 1. The third kappa shape index (κ3) is 4.10. The third-order valence-corrected chi connectivity index (χ3v) is 2.74. The number of carbonyl (C=O) groups excluding carboxylic acids is 2. The van der Waals surface area contributed by atoms with Crippen molar-refractivity contribution in [1.29, 1.82) is 0 Å². The van der Waals surface area contributed by atoms with Crippen LogP contribution in [-0.2, 0) is 11.3 Å². The van der Waals surface area contributed by atoms with Gasteiger partial charge in [-0.05, 0) is 23.8 Å². The zero-order chi connectivity index (χ0) is 15.2. The molecular formula is C15H14FN3O2. The van der Waals surface area contributed by atoms with E-state index in [1.165, 1.54) is 19.2 Å². The number of hydrogen-bond donors (Lipinski definition) is 2. The molecule has 0 aliphatic carbocycles. The molecule has 0 fully saturated rings. The van der Waals surface area contributed by atoms with E-state index < -0.39 is 11.7 Å². The molecule has 0 spiro atoms. The number of nitrogens with zero attached hydrogens (tertiary/aromatic N) is 1. The quantitative estimate of drug-likeness (QED) is 0.904. The molecule has 0 aliphatic heterocycles. The topological polar surface area (TPSA) is 71.1 Å². The van der Waals surface area contributed by atoms with Crippen LogP contribution in [0, 0.1) is 5.82 Å². The maximum absolute atomic E-state index is 13.4.